The van der Waals surface area contributed by atoms with Gasteiger partial charge in [0.1, 0.15) is 5.72 Å². The molecule has 0 rings (SSSR count). The van der Waals surface area contributed by atoms with E-state index in [2.05, 4.69) is 18.7 Å². The highest BCUT2D eigenvalue weighted by Crippen LogP contribution is 2.23. The standard InChI is InChI=1S/C10H23NO2/c1-9(2)7-10(13-6,8-12-5)11(3)4/h9H,7-8H2,1-6H3. The van der Waals surface area contributed by atoms with Crippen LogP contribution in [-0.4, -0.2) is 45.5 Å². The topological polar surface area (TPSA) is 21.7 Å². The van der Waals surface area contributed by atoms with Gasteiger partial charge in [0.05, 0.1) is 6.61 Å². The SMILES string of the molecule is COCC(CC(C)C)(OC)N(C)C. The quantitative estimate of drug-likeness (QED) is 0.592. The first-order valence-corrected chi connectivity index (χ1v) is 4.70. The summed E-state index contributed by atoms with van der Waals surface area (Å²) in [5.74, 6) is 0.595. The number of likely N-dealkylation sites (N-methyl/N-ethyl adjacent to an activating group) is 1. The average molecular weight is 189 g/mol. The number of rotatable bonds is 6. The number of ether oxygens (including phenoxy) is 2. The molecule has 0 saturated heterocycles. The zero-order valence-corrected chi connectivity index (χ0v) is 9.76. The molecule has 0 amide bonds. The molecule has 0 bridgehead atoms. The first-order chi connectivity index (χ1) is 5.98. The van der Waals surface area contributed by atoms with Gasteiger partial charge in [-0.2, -0.15) is 0 Å². The maximum atomic E-state index is 5.55. The lowest BCUT2D eigenvalue weighted by Gasteiger charge is -2.39. The third-order valence-electron chi connectivity index (χ3n) is 2.29. The van der Waals surface area contributed by atoms with Gasteiger partial charge in [-0.05, 0) is 26.4 Å². The van der Waals surface area contributed by atoms with Crippen LogP contribution in [0.2, 0.25) is 0 Å². The lowest BCUT2D eigenvalue weighted by atomic mass is 10.00. The molecule has 0 aliphatic rings. The molecular weight excluding hydrogens is 166 g/mol. The van der Waals surface area contributed by atoms with E-state index in [1.165, 1.54) is 0 Å². The van der Waals surface area contributed by atoms with Gasteiger partial charge in [0.2, 0.25) is 0 Å². The highest BCUT2D eigenvalue weighted by atomic mass is 16.5. The number of hydrogen-bond donors (Lipinski definition) is 0. The summed E-state index contributed by atoms with van der Waals surface area (Å²) in [6.07, 6.45) is 0.977. The zero-order chi connectivity index (χ0) is 10.5. The molecule has 0 fully saturated rings. The van der Waals surface area contributed by atoms with E-state index in [4.69, 9.17) is 9.47 Å². The minimum absolute atomic E-state index is 0.275. The van der Waals surface area contributed by atoms with Gasteiger partial charge in [0.15, 0.2) is 0 Å². The predicted molar refractivity (Wildman–Crippen MR) is 54.8 cm³/mol. The summed E-state index contributed by atoms with van der Waals surface area (Å²) >= 11 is 0. The van der Waals surface area contributed by atoms with Gasteiger partial charge in [-0.3, -0.25) is 4.90 Å². The summed E-state index contributed by atoms with van der Waals surface area (Å²) in [6.45, 7) is 4.98. The minimum Gasteiger partial charge on any atom is -0.380 e. The Labute approximate surface area is 82.0 Å². The Morgan fingerprint density at radius 2 is 1.77 bits per heavy atom. The van der Waals surface area contributed by atoms with E-state index < -0.39 is 0 Å². The van der Waals surface area contributed by atoms with Gasteiger partial charge in [-0.25, -0.2) is 0 Å². The molecule has 3 heteroatoms. The lowest BCUT2D eigenvalue weighted by molar-refractivity contribution is -0.160. The average Bonchev–Trinajstić information content (AvgIpc) is 2.02. The maximum absolute atomic E-state index is 5.55. The molecular formula is C10H23NO2. The van der Waals surface area contributed by atoms with E-state index in [0.29, 0.717) is 12.5 Å². The monoisotopic (exact) mass is 189 g/mol. The predicted octanol–water partition coefficient (Wildman–Crippen LogP) is 1.58. The summed E-state index contributed by atoms with van der Waals surface area (Å²) in [7, 11) is 7.48. The van der Waals surface area contributed by atoms with Crippen LogP contribution < -0.4 is 0 Å². The maximum Gasteiger partial charge on any atom is 0.144 e. The highest BCUT2D eigenvalue weighted by molar-refractivity contribution is 4.78. The fourth-order valence-electron chi connectivity index (χ4n) is 1.56. The van der Waals surface area contributed by atoms with Crippen molar-refractivity contribution in [2.75, 3.05) is 34.9 Å². The highest BCUT2D eigenvalue weighted by Gasteiger charge is 2.33. The van der Waals surface area contributed by atoms with Crippen molar-refractivity contribution in [1.82, 2.24) is 4.90 Å². The molecule has 0 spiro atoms. The van der Waals surface area contributed by atoms with Gasteiger partial charge in [0.25, 0.3) is 0 Å². The third kappa shape index (κ3) is 3.63. The summed E-state index contributed by atoms with van der Waals surface area (Å²) < 4.78 is 10.7. The van der Waals surface area contributed by atoms with Crippen LogP contribution in [0.5, 0.6) is 0 Å². The van der Waals surface area contributed by atoms with Crippen molar-refractivity contribution in [1.29, 1.82) is 0 Å². The number of hydrogen-bond acceptors (Lipinski definition) is 3. The summed E-state index contributed by atoms with van der Waals surface area (Å²) in [5.41, 5.74) is -0.275. The molecule has 0 aliphatic carbocycles. The Bertz CT molecular complexity index is 137. The second-order valence-electron chi connectivity index (χ2n) is 4.08. The molecule has 0 radical (unpaired) electrons. The third-order valence-corrected chi connectivity index (χ3v) is 2.29. The van der Waals surface area contributed by atoms with E-state index in [1.54, 1.807) is 14.2 Å². The van der Waals surface area contributed by atoms with Crippen molar-refractivity contribution in [3.8, 4) is 0 Å². The van der Waals surface area contributed by atoms with Crippen LogP contribution in [0.15, 0.2) is 0 Å². The second kappa shape index (κ2) is 5.58. The summed E-state index contributed by atoms with van der Waals surface area (Å²) in [4.78, 5) is 2.08. The Hall–Kier alpha value is -0.120. The minimum atomic E-state index is -0.275. The molecule has 3 nitrogen and oxygen atoms in total. The fourth-order valence-corrected chi connectivity index (χ4v) is 1.56. The largest absolute Gasteiger partial charge is 0.380 e. The first-order valence-electron chi connectivity index (χ1n) is 4.70. The zero-order valence-electron chi connectivity index (χ0n) is 9.76. The van der Waals surface area contributed by atoms with Crippen molar-refractivity contribution in [2.24, 2.45) is 5.92 Å². The van der Waals surface area contributed by atoms with E-state index >= 15 is 0 Å². The van der Waals surface area contributed by atoms with Crippen LogP contribution in [0.1, 0.15) is 20.3 Å². The molecule has 1 unspecified atom stereocenters. The molecule has 0 N–H and O–H groups in total. The van der Waals surface area contributed by atoms with Crippen LogP contribution in [0.25, 0.3) is 0 Å². The van der Waals surface area contributed by atoms with Crippen molar-refractivity contribution in [3.05, 3.63) is 0 Å². The van der Waals surface area contributed by atoms with E-state index in [0.717, 1.165) is 6.42 Å². The Morgan fingerprint density at radius 1 is 1.23 bits per heavy atom. The van der Waals surface area contributed by atoms with Crippen molar-refractivity contribution >= 4 is 0 Å². The van der Waals surface area contributed by atoms with E-state index in [9.17, 15) is 0 Å². The Balaban J connectivity index is 4.44. The molecule has 13 heavy (non-hydrogen) atoms. The van der Waals surface area contributed by atoms with Gasteiger partial charge < -0.3 is 9.47 Å². The molecule has 0 heterocycles. The summed E-state index contributed by atoms with van der Waals surface area (Å²) in [5, 5.41) is 0. The number of methoxy groups -OCH3 is 2. The molecule has 0 saturated carbocycles. The van der Waals surface area contributed by atoms with Crippen molar-refractivity contribution < 1.29 is 9.47 Å². The van der Waals surface area contributed by atoms with Gasteiger partial charge in [-0.1, -0.05) is 13.8 Å². The molecule has 0 aromatic carbocycles. The lowest BCUT2D eigenvalue weighted by Crippen LogP contribution is -2.50. The van der Waals surface area contributed by atoms with Crippen LogP contribution in [0, 0.1) is 5.92 Å². The van der Waals surface area contributed by atoms with Gasteiger partial charge in [0, 0.05) is 14.2 Å². The molecule has 0 aromatic heterocycles. The smallest absolute Gasteiger partial charge is 0.144 e. The van der Waals surface area contributed by atoms with Crippen LogP contribution >= 0.6 is 0 Å². The van der Waals surface area contributed by atoms with Crippen molar-refractivity contribution in [3.63, 3.8) is 0 Å². The van der Waals surface area contributed by atoms with Crippen LogP contribution in [0.4, 0.5) is 0 Å². The fraction of sp³-hybridized carbons (Fsp3) is 1.00. The van der Waals surface area contributed by atoms with Crippen LogP contribution in [-0.2, 0) is 9.47 Å². The Kier molecular flexibility index (Phi) is 5.53. The molecule has 80 valence electrons. The van der Waals surface area contributed by atoms with Crippen molar-refractivity contribution in [2.45, 2.75) is 26.0 Å². The van der Waals surface area contributed by atoms with E-state index in [-0.39, 0.29) is 5.72 Å². The van der Waals surface area contributed by atoms with Crippen LogP contribution in [0.3, 0.4) is 0 Å². The Morgan fingerprint density at radius 3 is 2.00 bits per heavy atom. The summed E-state index contributed by atoms with van der Waals surface area (Å²) in [6, 6.07) is 0. The molecule has 1 atom stereocenters. The molecule has 0 aliphatic heterocycles. The first kappa shape index (κ1) is 12.9. The normalized spacial score (nSPS) is 16.6. The number of nitrogens with zero attached hydrogens (tertiary/aromatic N) is 1. The van der Waals surface area contributed by atoms with Gasteiger partial charge >= 0.3 is 0 Å². The second-order valence-corrected chi connectivity index (χ2v) is 4.08. The molecule has 0 aromatic rings. The van der Waals surface area contributed by atoms with Gasteiger partial charge in [-0.15, -0.1) is 0 Å². The van der Waals surface area contributed by atoms with E-state index in [1.807, 2.05) is 14.1 Å².